The molecular weight excluding hydrogens is 284 g/mol. The fraction of sp³-hybridized carbons (Fsp3) is 0.600. The Hall–Kier alpha value is -1.40. The van der Waals surface area contributed by atoms with Gasteiger partial charge in [-0.3, -0.25) is 0 Å². The van der Waals surface area contributed by atoms with Crippen LogP contribution in [-0.2, 0) is 11.2 Å². The zero-order chi connectivity index (χ0) is 14.8. The molecule has 0 saturated carbocycles. The van der Waals surface area contributed by atoms with Crippen LogP contribution in [0, 0.1) is 0 Å². The van der Waals surface area contributed by atoms with E-state index < -0.39 is 0 Å². The molecule has 5 nitrogen and oxygen atoms in total. The molecule has 0 atom stereocenters. The van der Waals surface area contributed by atoms with Crippen LogP contribution < -0.4 is 10.2 Å². The molecule has 1 fully saturated rings. The van der Waals surface area contributed by atoms with Crippen LogP contribution in [0.1, 0.15) is 24.6 Å². The van der Waals surface area contributed by atoms with Gasteiger partial charge < -0.3 is 15.0 Å². The minimum absolute atomic E-state index is 0.492. The van der Waals surface area contributed by atoms with Crippen molar-refractivity contribution < 1.29 is 4.74 Å². The molecule has 21 heavy (non-hydrogen) atoms. The fourth-order valence-electron chi connectivity index (χ4n) is 2.76. The van der Waals surface area contributed by atoms with Gasteiger partial charge in [0.05, 0.1) is 5.39 Å². The van der Waals surface area contributed by atoms with E-state index in [4.69, 9.17) is 9.72 Å². The highest BCUT2D eigenvalue weighted by molar-refractivity contribution is 7.18. The summed E-state index contributed by atoms with van der Waals surface area (Å²) in [5.74, 6) is 1.73. The van der Waals surface area contributed by atoms with E-state index in [9.17, 15) is 0 Å². The number of nitrogens with zero attached hydrogens (tertiary/aromatic N) is 3. The molecule has 0 aliphatic carbocycles. The monoisotopic (exact) mass is 306 g/mol. The second kappa shape index (κ2) is 6.15. The second-order valence-corrected chi connectivity index (χ2v) is 6.48. The van der Waals surface area contributed by atoms with Crippen molar-refractivity contribution in [1.29, 1.82) is 0 Å². The number of ether oxygens (including phenoxy) is 1. The predicted octanol–water partition coefficient (Wildman–Crippen LogP) is 2.91. The average Bonchev–Trinajstić information content (AvgIpc) is 2.97. The number of hydrogen-bond donors (Lipinski definition) is 1. The summed E-state index contributed by atoms with van der Waals surface area (Å²) in [4.78, 5) is 14.0. The summed E-state index contributed by atoms with van der Waals surface area (Å²) < 4.78 is 5.47. The van der Waals surface area contributed by atoms with Gasteiger partial charge in [-0.2, -0.15) is 4.98 Å². The number of aryl methyl sites for hydroxylation is 1. The van der Waals surface area contributed by atoms with Crippen molar-refractivity contribution in [2.24, 2.45) is 0 Å². The van der Waals surface area contributed by atoms with Crippen LogP contribution in [0.3, 0.4) is 0 Å². The lowest BCUT2D eigenvalue weighted by atomic mass is 10.1. The van der Waals surface area contributed by atoms with Crippen molar-refractivity contribution in [3.8, 4) is 0 Å². The van der Waals surface area contributed by atoms with Gasteiger partial charge in [0.25, 0.3) is 0 Å². The van der Waals surface area contributed by atoms with Gasteiger partial charge in [0, 0.05) is 38.2 Å². The van der Waals surface area contributed by atoms with Crippen molar-refractivity contribution in [2.45, 2.75) is 32.2 Å². The molecule has 0 bridgehead atoms. The lowest BCUT2D eigenvalue weighted by Gasteiger charge is -2.32. The van der Waals surface area contributed by atoms with E-state index in [0.717, 1.165) is 43.1 Å². The second-order valence-electron chi connectivity index (χ2n) is 5.36. The van der Waals surface area contributed by atoms with Crippen LogP contribution in [0.25, 0.3) is 10.2 Å². The van der Waals surface area contributed by atoms with Gasteiger partial charge in [0.2, 0.25) is 5.95 Å². The van der Waals surface area contributed by atoms with Gasteiger partial charge in [0.1, 0.15) is 10.6 Å². The molecule has 114 valence electrons. The quantitative estimate of drug-likeness (QED) is 0.941. The number of fused-ring (bicyclic) bond motifs is 1. The number of aromatic nitrogens is 2. The summed E-state index contributed by atoms with van der Waals surface area (Å²) in [6.45, 7) is 3.86. The molecule has 1 N–H and O–H groups in total. The van der Waals surface area contributed by atoms with Crippen molar-refractivity contribution in [3.63, 3.8) is 0 Å². The fourth-order valence-corrected chi connectivity index (χ4v) is 3.72. The van der Waals surface area contributed by atoms with Crippen LogP contribution in [0.15, 0.2) is 6.07 Å². The first kappa shape index (κ1) is 14.5. The van der Waals surface area contributed by atoms with Gasteiger partial charge in [-0.25, -0.2) is 4.98 Å². The number of nitrogens with one attached hydrogen (secondary N) is 1. The highest BCUT2D eigenvalue weighted by Crippen LogP contribution is 2.33. The van der Waals surface area contributed by atoms with Crippen LogP contribution in [0.5, 0.6) is 0 Å². The normalized spacial score (nSPS) is 16.3. The Morgan fingerprint density at radius 2 is 2.14 bits per heavy atom. The molecule has 1 aliphatic heterocycles. The molecule has 2 aromatic heterocycles. The maximum absolute atomic E-state index is 5.47. The van der Waals surface area contributed by atoms with Crippen molar-refractivity contribution in [1.82, 2.24) is 9.97 Å². The smallest absolute Gasteiger partial charge is 0.225 e. The minimum atomic E-state index is 0.492. The van der Waals surface area contributed by atoms with Gasteiger partial charge in [0.15, 0.2) is 0 Å². The van der Waals surface area contributed by atoms with E-state index in [1.807, 2.05) is 7.05 Å². The summed E-state index contributed by atoms with van der Waals surface area (Å²) in [6, 6.07) is 2.73. The Morgan fingerprint density at radius 3 is 2.81 bits per heavy atom. The van der Waals surface area contributed by atoms with Gasteiger partial charge in [-0.05, 0) is 25.3 Å². The van der Waals surface area contributed by atoms with Crippen molar-refractivity contribution >= 4 is 33.3 Å². The zero-order valence-electron chi connectivity index (χ0n) is 12.8. The molecule has 0 radical (unpaired) electrons. The van der Waals surface area contributed by atoms with Crippen LogP contribution in [-0.4, -0.2) is 43.3 Å². The Labute approximate surface area is 129 Å². The lowest BCUT2D eigenvalue weighted by Crippen LogP contribution is -2.37. The Balaban J connectivity index is 2.03. The summed E-state index contributed by atoms with van der Waals surface area (Å²) in [7, 11) is 4.01. The molecule has 6 heteroatoms. The van der Waals surface area contributed by atoms with E-state index in [1.165, 1.54) is 10.3 Å². The van der Waals surface area contributed by atoms with E-state index >= 15 is 0 Å². The SMILES string of the molecule is CCc1cc2c(N(C)C3CCOCC3)nc(NC)nc2s1. The molecule has 0 unspecified atom stereocenters. The van der Waals surface area contributed by atoms with Gasteiger partial charge in [-0.1, -0.05) is 6.92 Å². The summed E-state index contributed by atoms with van der Waals surface area (Å²) in [5, 5.41) is 4.25. The number of rotatable bonds is 4. The molecule has 0 spiro atoms. The van der Waals surface area contributed by atoms with Gasteiger partial charge in [-0.15, -0.1) is 11.3 Å². The van der Waals surface area contributed by atoms with Crippen molar-refractivity contribution in [3.05, 3.63) is 10.9 Å². The molecule has 1 saturated heterocycles. The zero-order valence-corrected chi connectivity index (χ0v) is 13.7. The standard InChI is InChI=1S/C15H22N4OS/c1-4-11-9-12-13(17-15(16-2)18-14(12)21-11)19(3)10-5-7-20-8-6-10/h9-10H,4-8H2,1-3H3,(H,16,17,18). The highest BCUT2D eigenvalue weighted by atomic mass is 32.1. The molecule has 1 aliphatic rings. The van der Waals surface area contributed by atoms with Crippen LogP contribution >= 0.6 is 11.3 Å². The summed E-state index contributed by atoms with van der Waals surface area (Å²) in [5.41, 5.74) is 0. The third-order valence-corrected chi connectivity index (χ3v) is 5.24. The topological polar surface area (TPSA) is 50.3 Å². The first-order chi connectivity index (χ1) is 10.2. The maximum Gasteiger partial charge on any atom is 0.225 e. The summed E-state index contributed by atoms with van der Waals surface area (Å²) >= 11 is 1.76. The third kappa shape index (κ3) is 2.82. The van der Waals surface area contributed by atoms with Gasteiger partial charge >= 0.3 is 0 Å². The third-order valence-electron chi connectivity index (χ3n) is 4.07. The molecule has 3 rings (SSSR count). The molecule has 0 aromatic carbocycles. The van der Waals surface area contributed by atoms with E-state index in [-0.39, 0.29) is 0 Å². The number of anilines is 2. The predicted molar refractivity (Wildman–Crippen MR) is 88.6 cm³/mol. The van der Waals surface area contributed by atoms with E-state index in [1.54, 1.807) is 11.3 Å². The Bertz CT molecular complexity index is 621. The summed E-state index contributed by atoms with van der Waals surface area (Å²) in [6.07, 6.45) is 3.15. The Kier molecular flexibility index (Phi) is 4.26. The molecular formula is C15H22N4OS. The molecule has 2 aromatic rings. The minimum Gasteiger partial charge on any atom is -0.381 e. The lowest BCUT2D eigenvalue weighted by molar-refractivity contribution is 0.0854. The number of hydrogen-bond acceptors (Lipinski definition) is 6. The average molecular weight is 306 g/mol. The van der Waals surface area contributed by atoms with Crippen LogP contribution in [0.4, 0.5) is 11.8 Å². The van der Waals surface area contributed by atoms with E-state index in [0.29, 0.717) is 12.0 Å². The molecule has 0 amide bonds. The van der Waals surface area contributed by atoms with E-state index in [2.05, 4.69) is 35.2 Å². The Morgan fingerprint density at radius 1 is 1.38 bits per heavy atom. The first-order valence-electron chi connectivity index (χ1n) is 7.51. The molecule has 3 heterocycles. The van der Waals surface area contributed by atoms with Crippen LogP contribution in [0.2, 0.25) is 0 Å². The highest BCUT2D eigenvalue weighted by Gasteiger charge is 2.22. The van der Waals surface area contributed by atoms with Crippen molar-refractivity contribution in [2.75, 3.05) is 37.5 Å². The largest absolute Gasteiger partial charge is 0.381 e. The maximum atomic E-state index is 5.47. The first-order valence-corrected chi connectivity index (χ1v) is 8.33. The number of thiophene rings is 1.